The fraction of sp³-hybridized carbons (Fsp3) is 0.174. The molecule has 0 saturated heterocycles. The number of aromatic nitrogens is 1. The zero-order valence-corrected chi connectivity index (χ0v) is 15.2. The van der Waals surface area contributed by atoms with Crippen molar-refractivity contribution in [1.82, 2.24) is 4.98 Å². The first-order chi connectivity index (χ1) is 12.5. The van der Waals surface area contributed by atoms with Crippen LogP contribution in [0, 0.1) is 25.5 Å². The quantitative estimate of drug-likeness (QED) is 0.525. The van der Waals surface area contributed by atoms with Gasteiger partial charge in [0, 0.05) is 28.6 Å². The average molecular weight is 349 g/mol. The molecule has 0 fully saturated rings. The summed E-state index contributed by atoms with van der Waals surface area (Å²) in [7, 11) is 0. The minimum Gasteiger partial charge on any atom is -0.260 e. The Kier molecular flexibility index (Phi) is 5.27. The van der Waals surface area contributed by atoms with Crippen LogP contribution in [0.15, 0.2) is 60.8 Å². The van der Waals surface area contributed by atoms with Gasteiger partial charge < -0.3 is 0 Å². The summed E-state index contributed by atoms with van der Waals surface area (Å²) < 4.78 is 28.2. The Labute approximate surface area is 153 Å². The van der Waals surface area contributed by atoms with Crippen molar-refractivity contribution in [2.24, 2.45) is 0 Å². The van der Waals surface area contributed by atoms with Crippen LogP contribution in [0.25, 0.3) is 16.7 Å². The van der Waals surface area contributed by atoms with Crippen LogP contribution in [0.5, 0.6) is 0 Å². The number of hydrogen-bond donors (Lipinski definition) is 0. The maximum absolute atomic E-state index is 14.4. The lowest BCUT2D eigenvalue weighted by atomic mass is 9.93. The van der Waals surface area contributed by atoms with E-state index in [1.54, 1.807) is 6.07 Å². The summed E-state index contributed by atoms with van der Waals surface area (Å²) in [5, 5.41) is 0. The summed E-state index contributed by atoms with van der Waals surface area (Å²) in [6.07, 6.45) is 4.44. The van der Waals surface area contributed by atoms with Gasteiger partial charge >= 0.3 is 0 Å². The van der Waals surface area contributed by atoms with Gasteiger partial charge in [-0.05, 0) is 43.5 Å². The van der Waals surface area contributed by atoms with Crippen LogP contribution in [-0.2, 0) is 0 Å². The molecule has 0 aliphatic carbocycles. The standard InChI is InChI=1S/C23H21F2N/c1-4-7-19(20-10-6-11-22(24)23(20)25)21-13-18(14-26-16(21)3)17-9-5-8-15(2)12-17/h5-14H,4H2,1-3H3/b19-7-. The van der Waals surface area contributed by atoms with Gasteiger partial charge in [0.05, 0.1) is 0 Å². The Bertz CT molecular complexity index is 974. The zero-order chi connectivity index (χ0) is 18.7. The molecule has 0 atom stereocenters. The number of halogens is 2. The van der Waals surface area contributed by atoms with E-state index in [9.17, 15) is 8.78 Å². The van der Waals surface area contributed by atoms with Crippen molar-refractivity contribution in [3.63, 3.8) is 0 Å². The third-order valence-electron chi connectivity index (χ3n) is 4.38. The van der Waals surface area contributed by atoms with Crippen LogP contribution in [0.2, 0.25) is 0 Å². The highest BCUT2D eigenvalue weighted by Gasteiger charge is 2.16. The van der Waals surface area contributed by atoms with Gasteiger partial charge in [0.15, 0.2) is 11.6 Å². The van der Waals surface area contributed by atoms with Crippen LogP contribution < -0.4 is 0 Å². The van der Waals surface area contributed by atoms with E-state index in [0.29, 0.717) is 12.0 Å². The van der Waals surface area contributed by atoms with E-state index >= 15 is 0 Å². The van der Waals surface area contributed by atoms with Crippen molar-refractivity contribution >= 4 is 5.57 Å². The van der Waals surface area contributed by atoms with E-state index in [2.05, 4.69) is 11.1 Å². The molecule has 0 unspecified atom stereocenters. The molecule has 26 heavy (non-hydrogen) atoms. The third kappa shape index (κ3) is 3.57. The highest BCUT2D eigenvalue weighted by molar-refractivity contribution is 5.83. The number of benzene rings is 2. The molecular formula is C23H21F2N. The van der Waals surface area contributed by atoms with E-state index < -0.39 is 11.6 Å². The molecule has 0 aliphatic rings. The van der Waals surface area contributed by atoms with Gasteiger partial charge in [0.2, 0.25) is 0 Å². The van der Waals surface area contributed by atoms with Crippen molar-refractivity contribution < 1.29 is 8.78 Å². The molecular weight excluding hydrogens is 328 g/mol. The first-order valence-corrected chi connectivity index (χ1v) is 8.70. The number of pyridine rings is 1. The predicted octanol–water partition coefficient (Wildman–Crippen LogP) is 6.49. The molecule has 0 radical (unpaired) electrons. The fourth-order valence-electron chi connectivity index (χ4n) is 3.07. The molecule has 1 nitrogen and oxygen atoms in total. The smallest absolute Gasteiger partial charge is 0.166 e. The lowest BCUT2D eigenvalue weighted by Gasteiger charge is -2.14. The summed E-state index contributed by atoms with van der Waals surface area (Å²) in [5.41, 5.74) is 5.69. The van der Waals surface area contributed by atoms with E-state index in [1.165, 1.54) is 6.07 Å². The number of aryl methyl sites for hydroxylation is 2. The highest BCUT2D eigenvalue weighted by Crippen LogP contribution is 2.32. The van der Waals surface area contributed by atoms with Gasteiger partial charge in [-0.1, -0.05) is 55.0 Å². The highest BCUT2D eigenvalue weighted by atomic mass is 19.2. The Balaban J connectivity index is 2.18. The second-order valence-electron chi connectivity index (χ2n) is 6.35. The van der Waals surface area contributed by atoms with Crippen LogP contribution in [0.1, 0.15) is 35.7 Å². The molecule has 1 heterocycles. The summed E-state index contributed by atoms with van der Waals surface area (Å²) in [5.74, 6) is -1.67. The number of rotatable bonds is 4. The van der Waals surface area contributed by atoms with E-state index in [0.717, 1.165) is 34.0 Å². The molecule has 0 bridgehead atoms. The first-order valence-electron chi connectivity index (χ1n) is 8.70. The van der Waals surface area contributed by atoms with Crippen LogP contribution in [0.3, 0.4) is 0 Å². The van der Waals surface area contributed by atoms with Gasteiger partial charge in [-0.2, -0.15) is 0 Å². The molecule has 3 heteroatoms. The molecule has 0 saturated carbocycles. The Morgan fingerprint density at radius 2 is 1.73 bits per heavy atom. The molecule has 0 aliphatic heterocycles. The third-order valence-corrected chi connectivity index (χ3v) is 4.38. The second-order valence-corrected chi connectivity index (χ2v) is 6.35. The van der Waals surface area contributed by atoms with E-state index in [4.69, 9.17) is 0 Å². The SMILES string of the molecule is CC/C=C(\c1cc(-c2cccc(C)c2)cnc1C)c1cccc(F)c1F. The molecule has 2 aromatic carbocycles. The molecule has 0 spiro atoms. The Hall–Kier alpha value is -2.81. The minimum atomic E-state index is -0.843. The normalized spacial score (nSPS) is 11.7. The molecule has 0 amide bonds. The van der Waals surface area contributed by atoms with E-state index in [-0.39, 0.29) is 5.56 Å². The topological polar surface area (TPSA) is 12.9 Å². The summed E-state index contributed by atoms with van der Waals surface area (Å²) >= 11 is 0. The first kappa shape index (κ1) is 18.0. The maximum Gasteiger partial charge on any atom is 0.166 e. The second kappa shape index (κ2) is 7.61. The Morgan fingerprint density at radius 3 is 2.46 bits per heavy atom. The van der Waals surface area contributed by atoms with Crippen molar-refractivity contribution in [2.75, 3.05) is 0 Å². The summed E-state index contributed by atoms with van der Waals surface area (Å²) in [4.78, 5) is 4.51. The number of allylic oxidation sites excluding steroid dienone is 1. The largest absolute Gasteiger partial charge is 0.260 e. The van der Waals surface area contributed by atoms with Crippen molar-refractivity contribution in [2.45, 2.75) is 27.2 Å². The summed E-state index contributed by atoms with van der Waals surface area (Å²) in [6, 6.07) is 14.4. The van der Waals surface area contributed by atoms with Gasteiger partial charge in [-0.25, -0.2) is 8.78 Å². The number of nitrogens with zero attached hydrogens (tertiary/aromatic N) is 1. The number of hydrogen-bond acceptors (Lipinski definition) is 1. The van der Waals surface area contributed by atoms with Gasteiger partial charge in [-0.3, -0.25) is 4.98 Å². The maximum atomic E-state index is 14.4. The lowest BCUT2D eigenvalue weighted by Crippen LogP contribution is -1.99. The minimum absolute atomic E-state index is 0.262. The zero-order valence-electron chi connectivity index (χ0n) is 15.2. The lowest BCUT2D eigenvalue weighted by molar-refractivity contribution is 0.506. The van der Waals surface area contributed by atoms with Crippen LogP contribution in [-0.4, -0.2) is 4.98 Å². The Morgan fingerprint density at radius 1 is 0.962 bits per heavy atom. The van der Waals surface area contributed by atoms with Crippen LogP contribution in [0.4, 0.5) is 8.78 Å². The van der Waals surface area contributed by atoms with Gasteiger partial charge in [-0.15, -0.1) is 0 Å². The predicted molar refractivity (Wildman–Crippen MR) is 103 cm³/mol. The average Bonchev–Trinajstić information content (AvgIpc) is 2.63. The van der Waals surface area contributed by atoms with Gasteiger partial charge in [0.25, 0.3) is 0 Å². The molecule has 1 aromatic heterocycles. The molecule has 3 rings (SSSR count). The summed E-state index contributed by atoms with van der Waals surface area (Å²) in [6.45, 7) is 5.90. The molecule has 3 aromatic rings. The van der Waals surface area contributed by atoms with Crippen molar-refractivity contribution in [3.05, 3.63) is 94.8 Å². The molecule has 0 N–H and O–H groups in total. The molecule has 132 valence electrons. The monoisotopic (exact) mass is 349 g/mol. The van der Waals surface area contributed by atoms with Crippen molar-refractivity contribution in [1.29, 1.82) is 0 Å². The van der Waals surface area contributed by atoms with Crippen molar-refractivity contribution in [3.8, 4) is 11.1 Å². The van der Waals surface area contributed by atoms with Gasteiger partial charge in [0.1, 0.15) is 0 Å². The van der Waals surface area contributed by atoms with E-state index in [1.807, 2.05) is 57.3 Å². The fourth-order valence-corrected chi connectivity index (χ4v) is 3.07. The van der Waals surface area contributed by atoms with Crippen LogP contribution >= 0.6 is 0 Å².